The lowest BCUT2D eigenvalue weighted by atomic mass is 10.0. The third kappa shape index (κ3) is 3.32. The lowest BCUT2D eigenvalue weighted by molar-refractivity contribution is 0.359. The van der Waals surface area contributed by atoms with Crippen LogP contribution in [0.3, 0.4) is 0 Å². The minimum absolute atomic E-state index is 0.133. The highest BCUT2D eigenvalue weighted by Crippen LogP contribution is 2.13. The van der Waals surface area contributed by atoms with Gasteiger partial charge < -0.3 is 15.5 Å². The molecule has 1 aromatic rings. The topological polar surface area (TPSA) is 64.1 Å². The van der Waals surface area contributed by atoms with E-state index in [-0.39, 0.29) is 6.04 Å². The second-order valence-corrected chi connectivity index (χ2v) is 4.75. The highest BCUT2D eigenvalue weighted by molar-refractivity contribution is 4.98. The fourth-order valence-corrected chi connectivity index (χ4v) is 2.16. The molecule has 3 N–H and O–H groups in total. The number of piperidine rings is 1. The minimum atomic E-state index is 0.133. The molecule has 1 saturated heterocycles. The molecule has 1 aromatic heterocycles. The molecule has 2 heterocycles. The monoisotopic (exact) mass is 223 g/mol. The van der Waals surface area contributed by atoms with Crippen molar-refractivity contribution in [1.29, 1.82) is 0 Å². The molecule has 0 aromatic carbocycles. The predicted octanol–water partition coefficient (Wildman–Crippen LogP) is 1.25. The van der Waals surface area contributed by atoms with Crippen molar-refractivity contribution < 1.29 is 4.42 Å². The van der Waals surface area contributed by atoms with Crippen LogP contribution in [0.1, 0.15) is 37.8 Å². The first-order valence-corrected chi connectivity index (χ1v) is 6.16. The molecular formula is C12H21N3O. The predicted molar refractivity (Wildman–Crippen MR) is 63.2 cm³/mol. The number of nitrogens with two attached hydrogens (primary N) is 1. The van der Waals surface area contributed by atoms with Crippen LogP contribution in [0.25, 0.3) is 0 Å². The van der Waals surface area contributed by atoms with Crippen molar-refractivity contribution in [2.75, 3.05) is 6.54 Å². The average Bonchev–Trinajstić information content (AvgIpc) is 2.66. The van der Waals surface area contributed by atoms with Crippen LogP contribution in [0.2, 0.25) is 0 Å². The fraction of sp³-hybridized carbons (Fsp3) is 0.750. The summed E-state index contributed by atoms with van der Waals surface area (Å²) < 4.78 is 5.67. The molecule has 4 heteroatoms. The molecule has 1 aliphatic rings. The van der Waals surface area contributed by atoms with E-state index >= 15 is 0 Å². The van der Waals surface area contributed by atoms with Crippen LogP contribution < -0.4 is 11.1 Å². The van der Waals surface area contributed by atoms with Gasteiger partial charge in [-0.05, 0) is 26.3 Å². The molecule has 2 unspecified atom stereocenters. The molecule has 4 nitrogen and oxygen atoms in total. The minimum Gasteiger partial charge on any atom is -0.446 e. The van der Waals surface area contributed by atoms with E-state index in [9.17, 15) is 0 Å². The highest BCUT2D eigenvalue weighted by atomic mass is 16.4. The van der Waals surface area contributed by atoms with Gasteiger partial charge in [0.2, 0.25) is 0 Å². The molecule has 1 aliphatic heterocycles. The number of oxazole rings is 1. The zero-order chi connectivity index (χ0) is 11.4. The molecular weight excluding hydrogens is 202 g/mol. The molecule has 2 atom stereocenters. The maximum Gasteiger partial charge on any atom is 0.195 e. The summed E-state index contributed by atoms with van der Waals surface area (Å²) in [5.41, 5.74) is 5.72. The number of rotatable bonds is 4. The zero-order valence-electron chi connectivity index (χ0n) is 9.91. The average molecular weight is 223 g/mol. The summed E-state index contributed by atoms with van der Waals surface area (Å²) >= 11 is 0. The van der Waals surface area contributed by atoms with Crippen molar-refractivity contribution in [3.05, 3.63) is 17.8 Å². The number of hydrogen-bond donors (Lipinski definition) is 2. The molecule has 0 saturated carbocycles. The number of nitrogens with zero attached hydrogens (tertiary/aromatic N) is 1. The SMILES string of the molecule is CC(N)Cc1cnc(CC2CCCCN2)o1. The van der Waals surface area contributed by atoms with Gasteiger partial charge in [0.05, 0.1) is 6.20 Å². The van der Waals surface area contributed by atoms with Gasteiger partial charge in [-0.15, -0.1) is 0 Å². The number of aromatic nitrogens is 1. The normalized spacial score (nSPS) is 23.2. The van der Waals surface area contributed by atoms with Crippen LogP contribution in [-0.2, 0) is 12.8 Å². The second-order valence-electron chi connectivity index (χ2n) is 4.75. The number of hydrogen-bond acceptors (Lipinski definition) is 4. The molecule has 0 radical (unpaired) electrons. The van der Waals surface area contributed by atoms with E-state index in [4.69, 9.17) is 10.2 Å². The van der Waals surface area contributed by atoms with Crippen LogP contribution >= 0.6 is 0 Å². The quantitative estimate of drug-likeness (QED) is 0.806. The summed E-state index contributed by atoms with van der Waals surface area (Å²) in [6.07, 6.45) is 7.31. The van der Waals surface area contributed by atoms with Crippen molar-refractivity contribution >= 4 is 0 Å². The van der Waals surface area contributed by atoms with E-state index < -0.39 is 0 Å². The van der Waals surface area contributed by atoms with Crippen molar-refractivity contribution in [2.24, 2.45) is 5.73 Å². The first kappa shape index (κ1) is 11.6. The Balaban J connectivity index is 1.86. The van der Waals surface area contributed by atoms with E-state index in [0.717, 1.165) is 31.0 Å². The summed E-state index contributed by atoms with van der Waals surface area (Å²) in [5, 5.41) is 3.49. The molecule has 1 fully saturated rings. The molecule has 0 amide bonds. The van der Waals surface area contributed by atoms with E-state index in [1.54, 1.807) is 0 Å². The lowest BCUT2D eigenvalue weighted by Gasteiger charge is -2.21. The summed E-state index contributed by atoms with van der Waals surface area (Å²) in [6.45, 7) is 3.10. The van der Waals surface area contributed by atoms with Gasteiger partial charge in [-0.1, -0.05) is 6.42 Å². The molecule has 16 heavy (non-hydrogen) atoms. The first-order chi connectivity index (χ1) is 7.74. The Morgan fingerprint density at radius 3 is 3.19 bits per heavy atom. The molecule has 90 valence electrons. The van der Waals surface area contributed by atoms with Gasteiger partial charge in [0, 0.05) is 24.9 Å². The van der Waals surface area contributed by atoms with Gasteiger partial charge in [0.15, 0.2) is 5.89 Å². The molecule has 2 rings (SSSR count). The van der Waals surface area contributed by atoms with E-state index in [2.05, 4.69) is 10.3 Å². The van der Waals surface area contributed by atoms with Crippen LogP contribution in [0.4, 0.5) is 0 Å². The third-order valence-corrected chi connectivity index (χ3v) is 2.96. The Morgan fingerprint density at radius 1 is 1.62 bits per heavy atom. The first-order valence-electron chi connectivity index (χ1n) is 6.16. The van der Waals surface area contributed by atoms with E-state index in [1.165, 1.54) is 19.3 Å². The van der Waals surface area contributed by atoms with Crippen LogP contribution in [0.5, 0.6) is 0 Å². The Hall–Kier alpha value is -0.870. The summed E-state index contributed by atoms with van der Waals surface area (Å²) in [6, 6.07) is 0.671. The van der Waals surface area contributed by atoms with Gasteiger partial charge in [-0.3, -0.25) is 0 Å². The van der Waals surface area contributed by atoms with Crippen LogP contribution in [0, 0.1) is 0 Å². The highest BCUT2D eigenvalue weighted by Gasteiger charge is 2.16. The van der Waals surface area contributed by atoms with Gasteiger partial charge in [-0.2, -0.15) is 0 Å². The van der Waals surface area contributed by atoms with Gasteiger partial charge >= 0.3 is 0 Å². The standard InChI is InChI=1S/C12H21N3O/c1-9(13)6-11-8-15-12(16-11)7-10-4-2-3-5-14-10/h8-10,14H,2-7,13H2,1H3. The van der Waals surface area contributed by atoms with E-state index in [1.807, 2.05) is 13.1 Å². The largest absolute Gasteiger partial charge is 0.446 e. The summed E-state index contributed by atoms with van der Waals surface area (Å²) in [7, 11) is 0. The summed E-state index contributed by atoms with van der Waals surface area (Å²) in [4.78, 5) is 4.30. The van der Waals surface area contributed by atoms with Gasteiger partial charge in [0.1, 0.15) is 5.76 Å². The van der Waals surface area contributed by atoms with Crippen LogP contribution in [-0.4, -0.2) is 23.6 Å². The van der Waals surface area contributed by atoms with Crippen molar-refractivity contribution in [3.63, 3.8) is 0 Å². The zero-order valence-corrected chi connectivity index (χ0v) is 9.91. The maximum absolute atomic E-state index is 5.72. The Bertz CT molecular complexity index is 316. The maximum atomic E-state index is 5.72. The van der Waals surface area contributed by atoms with Gasteiger partial charge in [0.25, 0.3) is 0 Å². The van der Waals surface area contributed by atoms with Gasteiger partial charge in [-0.25, -0.2) is 4.98 Å². The van der Waals surface area contributed by atoms with Crippen molar-refractivity contribution in [3.8, 4) is 0 Å². The Morgan fingerprint density at radius 2 is 2.50 bits per heavy atom. The Kier molecular flexibility index (Phi) is 3.96. The fourth-order valence-electron chi connectivity index (χ4n) is 2.16. The van der Waals surface area contributed by atoms with Crippen molar-refractivity contribution in [1.82, 2.24) is 10.3 Å². The lowest BCUT2D eigenvalue weighted by Crippen LogP contribution is -2.35. The third-order valence-electron chi connectivity index (χ3n) is 2.96. The van der Waals surface area contributed by atoms with E-state index in [0.29, 0.717) is 6.04 Å². The Labute approximate surface area is 96.6 Å². The molecule has 0 spiro atoms. The van der Waals surface area contributed by atoms with Crippen molar-refractivity contribution in [2.45, 2.75) is 51.1 Å². The molecule has 0 aliphatic carbocycles. The smallest absolute Gasteiger partial charge is 0.195 e. The second kappa shape index (κ2) is 5.46. The summed E-state index contributed by atoms with van der Waals surface area (Å²) in [5.74, 6) is 1.75. The van der Waals surface area contributed by atoms with Crippen LogP contribution in [0.15, 0.2) is 10.6 Å². The molecule has 0 bridgehead atoms. The number of nitrogens with one attached hydrogen (secondary N) is 1.